The fourth-order valence-corrected chi connectivity index (χ4v) is 9.67. The summed E-state index contributed by atoms with van der Waals surface area (Å²) in [5.41, 5.74) is 14.7. The quantitative estimate of drug-likeness (QED) is 0.161. The number of nitrogens with zero attached hydrogens (tertiary/aromatic N) is 2. The number of hydrogen-bond acceptors (Lipinski definition) is 2. The third kappa shape index (κ3) is 5.89. The summed E-state index contributed by atoms with van der Waals surface area (Å²) in [5.74, 6) is 0.253. The zero-order valence-corrected chi connectivity index (χ0v) is 33.4. The molecule has 1 unspecified atom stereocenters. The maximum absolute atomic E-state index is 6.25. The van der Waals surface area contributed by atoms with E-state index in [1.807, 2.05) is 12.1 Å². The summed E-state index contributed by atoms with van der Waals surface area (Å²) in [6.45, 7) is 0. The molecule has 12 rings (SSSR count). The Labute approximate surface area is 354 Å². The second-order valence-electron chi connectivity index (χ2n) is 16.0. The molecule has 2 aromatic heterocycles. The van der Waals surface area contributed by atoms with Gasteiger partial charge in [-0.1, -0.05) is 152 Å². The predicted octanol–water partition coefficient (Wildman–Crippen LogP) is 16.2. The monoisotopic (exact) mass is 780 g/mol. The number of rotatable bonds is 7. The first-order chi connectivity index (χ1) is 30.3. The second-order valence-corrected chi connectivity index (χ2v) is 16.0. The third-order valence-electron chi connectivity index (χ3n) is 12.5. The summed E-state index contributed by atoms with van der Waals surface area (Å²) in [7, 11) is 0. The van der Waals surface area contributed by atoms with Crippen molar-refractivity contribution in [3.63, 3.8) is 0 Å². The lowest BCUT2D eigenvalue weighted by atomic mass is 9.90. The number of anilines is 3. The Bertz CT molecular complexity index is 3520. The number of allylic oxidation sites excluding steroid dienone is 4. The van der Waals surface area contributed by atoms with Crippen LogP contribution < -0.4 is 4.90 Å². The molecular weight excluding hydrogens is 741 g/mol. The van der Waals surface area contributed by atoms with E-state index >= 15 is 0 Å². The van der Waals surface area contributed by atoms with E-state index in [0.29, 0.717) is 0 Å². The van der Waals surface area contributed by atoms with Crippen LogP contribution >= 0.6 is 0 Å². The summed E-state index contributed by atoms with van der Waals surface area (Å²) >= 11 is 0. The molecule has 0 saturated heterocycles. The largest absolute Gasteiger partial charge is 0.456 e. The van der Waals surface area contributed by atoms with Crippen LogP contribution in [0.15, 0.2) is 229 Å². The minimum absolute atomic E-state index is 0.253. The minimum atomic E-state index is 0.253. The Morgan fingerprint density at radius 2 is 1.21 bits per heavy atom. The van der Waals surface area contributed by atoms with Gasteiger partial charge < -0.3 is 13.9 Å². The van der Waals surface area contributed by atoms with E-state index in [9.17, 15) is 0 Å². The Hall–Kier alpha value is -7.88. The first-order valence-electron chi connectivity index (χ1n) is 21.1. The van der Waals surface area contributed by atoms with E-state index in [-0.39, 0.29) is 5.92 Å². The van der Waals surface area contributed by atoms with Crippen molar-refractivity contribution in [2.75, 3.05) is 4.90 Å². The normalized spacial score (nSPS) is 13.9. The molecule has 0 fully saturated rings. The topological polar surface area (TPSA) is 21.3 Å². The molecule has 0 saturated carbocycles. The highest BCUT2D eigenvalue weighted by molar-refractivity contribution is 6.19. The highest BCUT2D eigenvalue weighted by Gasteiger charge is 2.25. The lowest BCUT2D eigenvalue weighted by Crippen LogP contribution is -2.15. The number of benzene rings is 9. The summed E-state index contributed by atoms with van der Waals surface area (Å²) < 4.78 is 8.64. The fraction of sp³-hybridized carbons (Fsp3) is 0.0345. The van der Waals surface area contributed by atoms with Crippen LogP contribution in [0.1, 0.15) is 17.9 Å². The molecule has 288 valence electrons. The summed E-state index contributed by atoms with van der Waals surface area (Å²) in [5, 5.41) is 7.15. The maximum atomic E-state index is 6.25. The summed E-state index contributed by atoms with van der Waals surface area (Å²) in [6.07, 6.45) is 9.93. The van der Waals surface area contributed by atoms with Crippen LogP contribution in [0.4, 0.5) is 17.1 Å². The van der Waals surface area contributed by atoms with Gasteiger partial charge in [0.2, 0.25) is 0 Å². The molecule has 0 spiro atoms. The van der Waals surface area contributed by atoms with Crippen molar-refractivity contribution in [3.05, 3.63) is 230 Å². The van der Waals surface area contributed by atoms with Crippen LogP contribution in [0.2, 0.25) is 0 Å². The fourth-order valence-electron chi connectivity index (χ4n) is 9.67. The lowest BCUT2D eigenvalue weighted by molar-refractivity contribution is 0.669. The Kier molecular flexibility index (Phi) is 8.31. The zero-order chi connectivity index (χ0) is 40.3. The van der Waals surface area contributed by atoms with Gasteiger partial charge in [0, 0.05) is 50.1 Å². The van der Waals surface area contributed by atoms with Gasteiger partial charge in [-0.15, -0.1) is 0 Å². The number of fused-ring (bicyclic) bond motifs is 8. The highest BCUT2D eigenvalue weighted by Crippen LogP contribution is 2.47. The molecule has 0 N–H and O–H groups in total. The number of hydrogen-bond donors (Lipinski definition) is 0. The number of aromatic nitrogens is 1. The summed E-state index contributed by atoms with van der Waals surface area (Å²) in [4.78, 5) is 2.50. The molecule has 11 aromatic rings. The smallest absolute Gasteiger partial charge is 0.136 e. The van der Waals surface area contributed by atoms with E-state index in [1.165, 1.54) is 54.8 Å². The van der Waals surface area contributed by atoms with Crippen LogP contribution in [0.25, 0.3) is 82.5 Å². The molecule has 1 atom stereocenters. The molecule has 0 radical (unpaired) electrons. The second kappa shape index (κ2) is 14.4. The molecular formula is C58H40N2O. The van der Waals surface area contributed by atoms with Gasteiger partial charge in [0.05, 0.1) is 16.7 Å². The third-order valence-corrected chi connectivity index (χ3v) is 12.5. The van der Waals surface area contributed by atoms with E-state index in [1.54, 1.807) is 0 Å². The van der Waals surface area contributed by atoms with Crippen molar-refractivity contribution in [2.45, 2.75) is 12.3 Å². The van der Waals surface area contributed by atoms with Crippen molar-refractivity contribution >= 4 is 71.6 Å². The first-order valence-corrected chi connectivity index (χ1v) is 21.1. The van der Waals surface area contributed by atoms with E-state index in [0.717, 1.165) is 56.7 Å². The van der Waals surface area contributed by atoms with Gasteiger partial charge in [0.1, 0.15) is 11.2 Å². The Morgan fingerprint density at radius 3 is 2.08 bits per heavy atom. The van der Waals surface area contributed by atoms with Crippen molar-refractivity contribution < 1.29 is 4.42 Å². The van der Waals surface area contributed by atoms with E-state index in [2.05, 4.69) is 222 Å². The molecule has 9 aromatic carbocycles. The van der Waals surface area contributed by atoms with Gasteiger partial charge in [-0.2, -0.15) is 0 Å². The van der Waals surface area contributed by atoms with Gasteiger partial charge in [-0.25, -0.2) is 0 Å². The van der Waals surface area contributed by atoms with Gasteiger partial charge in [-0.05, 0) is 112 Å². The summed E-state index contributed by atoms with van der Waals surface area (Å²) in [6, 6.07) is 72.8. The van der Waals surface area contributed by atoms with E-state index in [4.69, 9.17) is 4.42 Å². The van der Waals surface area contributed by atoms with Crippen molar-refractivity contribution in [2.24, 2.45) is 0 Å². The first kappa shape index (κ1) is 35.1. The molecule has 0 bridgehead atoms. The average molecular weight is 781 g/mol. The van der Waals surface area contributed by atoms with Crippen LogP contribution in [0.5, 0.6) is 0 Å². The number of para-hydroxylation sites is 4. The maximum Gasteiger partial charge on any atom is 0.136 e. The highest BCUT2D eigenvalue weighted by atomic mass is 16.3. The molecule has 1 aliphatic carbocycles. The predicted molar refractivity (Wildman–Crippen MR) is 257 cm³/mol. The van der Waals surface area contributed by atoms with Crippen LogP contribution in [0.3, 0.4) is 0 Å². The Morgan fingerprint density at radius 1 is 0.475 bits per heavy atom. The van der Waals surface area contributed by atoms with E-state index < -0.39 is 0 Å². The minimum Gasteiger partial charge on any atom is -0.456 e. The molecule has 61 heavy (non-hydrogen) atoms. The van der Waals surface area contributed by atoms with Gasteiger partial charge in [0.15, 0.2) is 0 Å². The molecule has 3 nitrogen and oxygen atoms in total. The van der Waals surface area contributed by atoms with Gasteiger partial charge in [-0.3, -0.25) is 0 Å². The zero-order valence-electron chi connectivity index (χ0n) is 33.4. The SMILES string of the molecule is C1=CCC(c2ccccc2N(c2ccc3c(c2)c2ccccc2n3-c2ccccc2)c2ccc(-c3ccc4c(ccc5oc6ccccc6c54)c3)cc2-c2ccccc2)C=C1. The molecule has 3 heteroatoms. The van der Waals surface area contributed by atoms with Crippen LogP contribution in [0, 0.1) is 0 Å². The van der Waals surface area contributed by atoms with Crippen molar-refractivity contribution in [1.29, 1.82) is 0 Å². The molecule has 1 aliphatic rings. The molecule has 0 amide bonds. The van der Waals surface area contributed by atoms with Gasteiger partial charge >= 0.3 is 0 Å². The van der Waals surface area contributed by atoms with Crippen LogP contribution in [-0.4, -0.2) is 4.57 Å². The Balaban J connectivity index is 1.08. The molecule has 0 aliphatic heterocycles. The number of furan rings is 1. The van der Waals surface area contributed by atoms with Crippen molar-refractivity contribution in [1.82, 2.24) is 4.57 Å². The average Bonchev–Trinajstić information content (AvgIpc) is 3.88. The van der Waals surface area contributed by atoms with Gasteiger partial charge in [0.25, 0.3) is 0 Å². The van der Waals surface area contributed by atoms with Crippen molar-refractivity contribution in [3.8, 4) is 27.9 Å². The van der Waals surface area contributed by atoms with Crippen LogP contribution in [-0.2, 0) is 0 Å². The molecule has 2 heterocycles. The lowest BCUT2D eigenvalue weighted by Gasteiger charge is -2.32. The standard InChI is InChI=1S/C58H40N2O/c1-4-16-39(17-5-1)46-22-10-13-25-52(46)60(45-31-34-55-51(38-45)48-23-11-14-26-53(48)59(55)44-20-8-3-9-21-44)54-33-29-42(37-50(54)40-18-6-2-7-19-40)41-28-32-47-43(36-41)30-35-57-58(47)49-24-12-15-27-56(49)61-57/h1-16,18-39H,17H2.